The van der Waals surface area contributed by atoms with Crippen molar-refractivity contribution in [2.75, 3.05) is 0 Å². The summed E-state index contributed by atoms with van der Waals surface area (Å²) in [5.74, 6) is 0.969. The van der Waals surface area contributed by atoms with Gasteiger partial charge in [-0.3, -0.25) is 9.78 Å². The van der Waals surface area contributed by atoms with Crippen LogP contribution in [0, 0.1) is 0 Å². The van der Waals surface area contributed by atoms with Crippen molar-refractivity contribution in [1.82, 2.24) is 4.98 Å². The lowest BCUT2D eigenvalue weighted by Crippen LogP contribution is -2.11. The van der Waals surface area contributed by atoms with E-state index >= 15 is 0 Å². The number of ether oxygens (including phenoxy) is 1. The lowest BCUT2D eigenvalue weighted by molar-refractivity contribution is -0.114. The smallest absolute Gasteiger partial charge is 0.244 e. The fraction of sp³-hybridized carbons (Fsp3) is 0.0667. The van der Waals surface area contributed by atoms with Gasteiger partial charge in [0.15, 0.2) is 0 Å². The van der Waals surface area contributed by atoms with Crippen LogP contribution in [0.15, 0.2) is 54.4 Å². The highest BCUT2D eigenvalue weighted by atomic mass is 35.5. The monoisotopic (exact) mass is 290 g/mol. The Kier molecular flexibility index (Phi) is 5.74. The first-order valence-electron chi connectivity index (χ1n) is 5.81. The third-order valence-electron chi connectivity index (χ3n) is 2.52. The number of hydrogen-bond acceptors (Lipinski definition) is 3. The molecule has 4 nitrogen and oxygen atoms in total. The van der Waals surface area contributed by atoms with Gasteiger partial charge in [0.05, 0.1) is 6.20 Å². The summed E-state index contributed by atoms with van der Waals surface area (Å²) in [6, 6.07) is 11.0. The average molecular weight is 291 g/mol. The summed E-state index contributed by atoms with van der Waals surface area (Å²) in [6.45, 7) is 1.68. The Morgan fingerprint density at radius 1 is 1.20 bits per heavy atom. The van der Waals surface area contributed by atoms with Crippen molar-refractivity contribution in [3.63, 3.8) is 0 Å². The standard InChI is InChI=1S/C15H14N2O2.ClH/c1-11(15(16)18)9-12-4-6-13(7-5-12)19-14-3-2-8-17-10-14;/h2-10H,1H3,(H2,16,18);1H. The van der Waals surface area contributed by atoms with Gasteiger partial charge in [-0.15, -0.1) is 12.4 Å². The summed E-state index contributed by atoms with van der Waals surface area (Å²) < 4.78 is 5.61. The quantitative estimate of drug-likeness (QED) is 0.880. The Bertz CT molecular complexity index is 595. The molecule has 0 saturated heterocycles. The number of hydrogen-bond donors (Lipinski definition) is 1. The molecule has 0 spiro atoms. The maximum absolute atomic E-state index is 10.9. The molecule has 2 aromatic rings. The molecule has 104 valence electrons. The van der Waals surface area contributed by atoms with Gasteiger partial charge in [-0.25, -0.2) is 0 Å². The van der Waals surface area contributed by atoms with Gasteiger partial charge >= 0.3 is 0 Å². The fourth-order valence-corrected chi connectivity index (χ4v) is 1.50. The minimum Gasteiger partial charge on any atom is -0.456 e. The second-order valence-corrected chi connectivity index (χ2v) is 4.05. The minimum atomic E-state index is -0.421. The molecule has 5 heteroatoms. The predicted octanol–water partition coefficient (Wildman–Crippen LogP) is 3.18. The number of benzene rings is 1. The maximum atomic E-state index is 10.9. The topological polar surface area (TPSA) is 65.2 Å². The van der Waals surface area contributed by atoms with Crippen LogP contribution in [0.5, 0.6) is 11.5 Å². The summed E-state index contributed by atoms with van der Waals surface area (Å²) in [7, 11) is 0. The third kappa shape index (κ3) is 4.40. The molecule has 0 fully saturated rings. The Morgan fingerprint density at radius 2 is 1.90 bits per heavy atom. The first kappa shape index (κ1) is 15.7. The van der Waals surface area contributed by atoms with Crippen molar-refractivity contribution in [1.29, 1.82) is 0 Å². The Balaban J connectivity index is 0.00000200. The van der Waals surface area contributed by atoms with Crippen molar-refractivity contribution in [3.8, 4) is 11.5 Å². The highest BCUT2D eigenvalue weighted by Crippen LogP contribution is 2.21. The van der Waals surface area contributed by atoms with E-state index in [0.29, 0.717) is 17.1 Å². The van der Waals surface area contributed by atoms with Crippen LogP contribution in [0.3, 0.4) is 0 Å². The predicted molar refractivity (Wildman–Crippen MR) is 80.8 cm³/mol. The second-order valence-electron chi connectivity index (χ2n) is 4.05. The molecule has 20 heavy (non-hydrogen) atoms. The van der Waals surface area contributed by atoms with E-state index in [1.165, 1.54) is 0 Å². The molecule has 0 radical (unpaired) electrons. The molecule has 0 bridgehead atoms. The summed E-state index contributed by atoms with van der Waals surface area (Å²) in [5, 5.41) is 0. The molecule has 0 aliphatic rings. The maximum Gasteiger partial charge on any atom is 0.244 e. The van der Waals surface area contributed by atoms with Gasteiger partial charge in [-0.2, -0.15) is 0 Å². The largest absolute Gasteiger partial charge is 0.456 e. The molecule has 2 rings (SSSR count). The molecule has 1 heterocycles. The van der Waals surface area contributed by atoms with Crippen molar-refractivity contribution in [2.45, 2.75) is 6.92 Å². The SMILES string of the molecule is CC(=Cc1ccc(Oc2cccnc2)cc1)C(N)=O.Cl. The van der Waals surface area contributed by atoms with Gasteiger partial charge < -0.3 is 10.5 Å². The van der Waals surface area contributed by atoms with Crippen LogP contribution in [-0.4, -0.2) is 10.9 Å². The number of amides is 1. The van der Waals surface area contributed by atoms with Crippen LogP contribution >= 0.6 is 12.4 Å². The number of aromatic nitrogens is 1. The average Bonchev–Trinajstić information content (AvgIpc) is 2.42. The highest BCUT2D eigenvalue weighted by Gasteiger charge is 1.99. The normalized spacial score (nSPS) is 10.6. The zero-order valence-corrected chi connectivity index (χ0v) is 11.8. The molecular formula is C15H15ClN2O2. The molecule has 2 N–H and O–H groups in total. The minimum absolute atomic E-state index is 0. The van der Waals surface area contributed by atoms with E-state index in [1.54, 1.807) is 25.4 Å². The number of primary amides is 1. The molecule has 1 aromatic carbocycles. The number of carbonyl (C=O) groups excluding carboxylic acids is 1. The van der Waals surface area contributed by atoms with E-state index in [4.69, 9.17) is 10.5 Å². The zero-order valence-electron chi connectivity index (χ0n) is 10.9. The van der Waals surface area contributed by atoms with E-state index in [1.807, 2.05) is 36.4 Å². The van der Waals surface area contributed by atoms with Crippen LogP contribution < -0.4 is 10.5 Å². The molecule has 0 aliphatic carbocycles. The number of pyridine rings is 1. The van der Waals surface area contributed by atoms with Gasteiger partial charge in [0.1, 0.15) is 11.5 Å². The Hall–Kier alpha value is -2.33. The second kappa shape index (κ2) is 7.31. The van der Waals surface area contributed by atoms with Crippen molar-refractivity contribution >= 4 is 24.4 Å². The summed E-state index contributed by atoms with van der Waals surface area (Å²) in [6.07, 6.45) is 5.06. The summed E-state index contributed by atoms with van der Waals surface area (Å²) >= 11 is 0. The molecule has 1 aromatic heterocycles. The van der Waals surface area contributed by atoms with Crippen LogP contribution in [0.4, 0.5) is 0 Å². The van der Waals surface area contributed by atoms with Crippen molar-refractivity contribution < 1.29 is 9.53 Å². The number of rotatable bonds is 4. The van der Waals surface area contributed by atoms with Crippen LogP contribution in [-0.2, 0) is 4.79 Å². The van der Waals surface area contributed by atoms with Gasteiger partial charge in [0.25, 0.3) is 0 Å². The number of carbonyl (C=O) groups is 1. The third-order valence-corrected chi connectivity index (χ3v) is 2.52. The van der Waals surface area contributed by atoms with Gasteiger partial charge in [0.2, 0.25) is 5.91 Å². The molecular weight excluding hydrogens is 276 g/mol. The van der Waals surface area contributed by atoms with Gasteiger partial charge in [-0.05, 0) is 42.8 Å². The molecule has 0 unspecified atom stereocenters. The van der Waals surface area contributed by atoms with Gasteiger partial charge in [-0.1, -0.05) is 12.1 Å². The number of nitrogens with zero attached hydrogens (tertiary/aromatic N) is 1. The number of nitrogens with two attached hydrogens (primary N) is 1. The lowest BCUT2D eigenvalue weighted by Gasteiger charge is -2.05. The molecule has 0 aliphatic heterocycles. The highest BCUT2D eigenvalue weighted by molar-refractivity contribution is 5.95. The number of halogens is 1. The van der Waals surface area contributed by atoms with Crippen molar-refractivity contribution in [2.24, 2.45) is 5.73 Å². The van der Waals surface area contributed by atoms with E-state index in [0.717, 1.165) is 5.56 Å². The molecule has 0 atom stereocenters. The lowest BCUT2D eigenvalue weighted by atomic mass is 10.1. The fourth-order valence-electron chi connectivity index (χ4n) is 1.50. The first-order chi connectivity index (χ1) is 9.15. The van der Waals surface area contributed by atoms with Crippen LogP contribution in [0.2, 0.25) is 0 Å². The summed E-state index contributed by atoms with van der Waals surface area (Å²) in [4.78, 5) is 14.9. The van der Waals surface area contributed by atoms with E-state index in [2.05, 4.69) is 4.98 Å². The zero-order chi connectivity index (χ0) is 13.7. The Morgan fingerprint density at radius 3 is 2.45 bits per heavy atom. The van der Waals surface area contributed by atoms with E-state index < -0.39 is 5.91 Å². The van der Waals surface area contributed by atoms with Crippen LogP contribution in [0.25, 0.3) is 6.08 Å². The van der Waals surface area contributed by atoms with E-state index in [-0.39, 0.29) is 12.4 Å². The summed E-state index contributed by atoms with van der Waals surface area (Å²) in [5.41, 5.74) is 6.59. The van der Waals surface area contributed by atoms with E-state index in [9.17, 15) is 4.79 Å². The van der Waals surface area contributed by atoms with Gasteiger partial charge in [0, 0.05) is 11.8 Å². The first-order valence-corrected chi connectivity index (χ1v) is 5.81. The Labute approximate surface area is 123 Å². The van der Waals surface area contributed by atoms with Crippen LogP contribution in [0.1, 0.15) is 12.5 Å². The molecule has 0 saturated carbocycles. The van der Waals surface area contributed by atoms with Crippen molar-refractivity contribution in [3.05, 3.63) is 59.9 Å². The molecule has 1 amide bonds.